The van der Waals surface area contributed by atoms with Crippen LogP contribution in [0.3, 0.4) is 0 Å². The predicted octanol–water partition coefficient (Wildman–Crippen LogP) is 2.19. The van der Waals surface area contributed by atoms with E-state index in [0.29, 0.717) is 6.42 Å². The highest BCUT2D eigenvalue weighted by atomic mass is 32.2. The summed E-state index contributed by atoms with van der Waals surface area (Å²) in [5.41, 5.74) is 0.839. The zero-order valence-corrected chi connectivity index (χ0v) is 10.9. The molecule has 0 bridgehead atoms. The van der Waals surface area contributed by atoms with E-state index in [9.17, 15) is 9.90 Å². The molecule has 0 unspecified atom stereocenters. The lowest BCUT2D eigenvalue weighted by Gasteiger charge is -2.05. The van der Waals surface area contributed by atoms with Gasteiger partial charge in [-0.3, -0.25) is 4.79 Å². The van der Waals surface area contributed by atoms with Gasteiger partial charge in [-0.15, -0.1) is 0 Å². The Balaban J connectivity index is 2.21. The first kappa shape index (κ1) is 13.9. The predicted molar refractivity (Wildman–Crippen MR) is 72.4 cm³/mol. The molecule has 94 valence electrons. The molecule has 0 fully saturated rings. The molecule has 1 rings (SSSR count). The molecule has 0 saturated carbocycles. The van der Waals surface area contributed by atoms with E-state index in [1.807, 2.05) is 17.8 Å². The fourth-order valence-electron chi connectivity index (χ4n) is 1.51. The third-order valence-corrected chi connectivity index (χ3v) is 3.07. The molecule has 1 amide bonds. The monoisotopic (exact) mass is 253 g/mol. The van der Waals surface area contributed by atoms with Gasteiger partial charge in [-0.2, -0.15) is 11.8 Å². The van der Waals surface area contributed by atoms with Crippen molar-refractivity contribution in [2.45, 2.75) is 19.3 Å². The van der Waals surface area contributed by atoms with Gasteiger partial charge in [0.1, 0.15) is 5.75 Å². The Morgan fingerprint density at radius 1 is 1.41 bits per heavy atom. The van der Waals surface area contributed by atoms with E-state index in [2.05, 4.69) is 11.6 Å². The standard InChI is InChI=1S/C13H19NO2S/c1-17-8-3-2-7-14-13(16)10-11-5-4-6-12(15)9-11/h4-6,9,15H,2-3,7-8,10H2,1H3,(H,14,16). The van der Waals surface area contributed by atoms with Gasteiger partial charge in [0.2, 0.25) is 5.91 Å². The van der Waals surface area contributed by atoms with Crippen LogP contribution in [-0.4, -0.2) is 29.6 Å². The summed E-state index contributed by atoms with van der Waals surface area (Å²) in [4.78, 5) is 11.6. The molecule has 0 heterocycles. The molecule has 0 atom stereocenters. The number of amides is 1. The number of unbranched alkanes of at least 4 members (excludes halogenated alkanes) is 1. The first-order chi connectivity index (χ1) is 8.22. The van der Waals surface area contributed by atoms with E-state index in [-0.39, 0.29) is 11.7 Å². The number of phenolic OH excluding ortho intramolecular Hbond substituents is 1. The quantitative estimate of drug-likeness (QED) is 0.732. The van der Waals surface area contributed by atoms with Gasteiger partial charge < -0.3 is 10.4 Å². The summed E-state index contributed by atoms with van der Waals surface area (Å²) in [6, 6.07) is 6.81. The van der Waals surface area contributed by atoms with E-state index in [0.717, 1.165) is 30.7 Å². The van der Waals surface area contributed by atoms with Crippen molar-refractivity contribution < 1.29 is 9.90 Å². The maximum Gasteiger partial charge on any atom is 0.224 e. The highest BCUT2D eigenvalue weighted by molar-refractivity contribution is 7.98. The van der Waals surface area contributed by atoms with Crippen LogP contribution < -0.4 is 5.32 Å². The molecule has 3 nitrogen and oxygen atoms in total. The molecular formula is C13H19NO2S. The minimum Gasteiger partial charge on any atom is -0.508 e. The smallest absolute Gasteiger partial charge is 0.224 e. The highest BCUT2D eigenvalue weighted by Gasteiger charge is 2.02. The lowest BCUT2D eigenvalue weighted by Crippen LogP contribution is -2.26. The number of carbonyl (C=O) groups excluding carboxylic acids is 1. The molecular weight excluding hydrogens is 234 g/mol. The second-order valence-corrected chi connectivity index (χ2v) is 4.88. The van der Waals surface area contributed by atoms with Gasteiger partial charge in [-0.05, 0) is 42.5 Å². The van der Waals surface area contributed by atoms with Crippen molar-refractivity contribution in [3.05, 3.63) is 29.8 Å². The van der Waals surface area contributed by atoms with Crippen LogP contribution in [0.2, 0.25) is 0 Å². The molecule has 0 aliphatic carbocycles. The van der Waals surface area contributed by atoms with Crippen LogP contribution in [0.1, 0.15) is 18.4 Å². The number of benzene rings is 1. The van der Waals surface area contributed by atoms with Gasteiger partial charge in [-0.1, -0.05) is 12.1 Å². The second kappa shape index (κ2) is 8.01. The van der Waals surface area contributed by atoms with Crippen LogP contribution in [0.25, 0.3) is 0 Å². The zero-order valence-electron chi connectivity index (χ0n) is 10.1. The molecule has 0 saturated heterocycles. The van der Waals surface area contributed by atoms with Crippen LogP contribution in [0, 0.1) is 0 Å². The van der Waals surface area contributed by atoms with E-state index >= 15 is 0 Å². The Hall–Kier alpha value is -1.16. The van der Waals surface area contributed by atoms with E-state index < -0.39 is 0 Å². The Labute approximate surface area is 107 Å². The average molecular weight is 253 g/mol. The highest BCUT2D eigenvalue weighted by Crippen LogP contribution is 2.11. The maximum atomic E-state index is 11.6. The Bertz CT molecular complexity index is 355. The first-order valence-electron chi connectivity index (χ1n) is 5.76. The molecule has 0 aliphatic heterocycles. The first-order valence-corrected chi connectivity index (χ1v) is 7.15. The van der Waals surface area contributed by atoms with Gasteiger partial charge in [0, 0.05) is 6.54 Å². The lowest BCUT2D eigenvalue weighted by atomic mass is 10.1. The Morgan fingerprint density at radius 3 is 2.94 bits per heavy atom. The summed E-state index contributed by atoms with van der Waals surface area (Å²) in [5.74, 6) is 1.36. The van der Waals surface area contributed by atoms with Crippen molar-refractivity contribution in [1.82, 2.24) is 5.32 Å². The topological polar surface area (TPSA) is 49.3 Å². The van der Waals surface area contributed by atoms with E-state index in [1.165, 1.54) is 0 Å². The zero-order chi connectivity index (χ0) is 12.5. The third kappa shape index (κ3) is 6.22. The number of rotatable bonds is 7. The lowest BCUT2D eigenvalue weighted by molar-refractivity contribution is -0.120. The Morgan fingerprint density at radius 2 is 2.24 bits per heavy atom. The fraction of sp³-hybridized carbons (Fsp3) is 0.462. The van der Waals surface area contributed by atoms with E-state index in [1.54, 1.807) is 18.2 Å². The molecule has 2 N–H and O–H groups in total. The number of hydrogen-bond donors (Lipinski definition) is 2. The molecule has 0 aliphatic rings. The molecule has 0 spiro atoms. The normalized spacial score (nSPS) is 10.2. The van der Waals surface area contributed by atoms with Crippen molar-refractivity contribution in [3.8, 4) is 5.75 Å². The summed E-state index contributed by atoms with van der Waals surface area (Å²) in [6.45, 7) is 0.734. The molecule has 0 radical (unpaired) electrons. The van der Waals surface area contributed by atoms with E-state index in [4.69, 9.17) is 0 Å². The molecule has 1 aromatic carbocycles. The van der Waals surface area contributed by atoms with Crippen LogP contribution in [0.5, 0.6) is 5.75 Å². The Kier molecular flexibility index (Phi) is 6.55. The number of hydrogen-bond acceptors (Lipinski definition) is 3. The fourth-order valence-corrected chi connectivity index (χ4v) is 2.01. The molecule has 17 heavy (non-hydrogen) atoms. The molecule has 1 aromatic rings. The van der Waals surface area contributed by atoms with Crippen molar-refractivity contribution in [3.63, 3.8) is 0 Å². The van der Waals surface area contributed by atoms with Crippen LogP contribution in [0.15, 0.2) is 24.3 Å². The largest absolute Gasteiger partial charge is 0.508 e. The molecule has 4 heteroatoms. The van der Waals surface area contributed by atoms with Gasteiger partial charge in [0.05, 0.1) is 6.42 Å². The van der Waals surface area contributed by atoms with Crippen molar-refractivity contribution in [1.29, 1.82) is 0 Å². The summed E-state index contributed by atoms with van der Waals surface area (Å²) >= 11 is 1.82. The number of carbonyl (C=O) groups is 1. The number of nitrogens with one attached hydrogen (secondary N) is 1. The third-order valence-electron chi connectivity index (χ3n) is 2.37. The van der Waals surface area contributed by atoms with Crippen LogP contribution >= 0.6 is 11.8 Å². The van der Waals surface area contributed by atoms with Gasteiger partial charge >= 0.3 is 0 Å². The summed E-state index contributed by atoms with van der Waals surface area (Å²) < 4.78 is 0. The number of aromatic hydroxyl groups is 1. The van der Waals surface area contributed by atoms with Crippen molar-refractivity contribution >= 4 is 17.7 Å². The SMILES string of the molecule is CSCCCCNC(=O)Cc1cccc(O)c1. The maximum absolute atomic E-state index is 11.6. The van der Waals surface area contributed by atoms with Crippen LogP contribution in [0.4, 0.5) is 0 Å². The van der Waals surface area contributed by atoms with Crippen LogP contribution in [-0.2, 0) is 11.2 Å². The number of phenols is 1. The van der Waals surface area contributed by atoms with Gasteiger partial charge in [-0.25, -0.2) is 0 Å². The summed E-state index contributed by atoms with van der Waals surface area (Å²) in [6.07, 6.45) is 4.57. The minimum absolute atomic E-state index is 0.0137. The molecule has 0 aromatic heterocycles. The summed E-state index contributed by atoms with van der Waals surface area (Å²) in [5, 5.41) is 12.1. The van der Waals surface area contributed by atoms with Gasteiger partial charge in [0.25, 0.3) is 0 Å². The average Bonchev–Trinajstić information content (AvgIpc) is 2.29. The van der Waals surface area contributed by atoms with Gasteiger partial charge in [0.15, 0.2) is 0 Å². The second-order valence-electron chi connectivity index (χ2n) is 3.90. The minimum atomic E-state index is 0.0137. The van der Waals surface area contributed by atoms with Crippen molar-refractivity contribution in [2.24, 2.45) is 0 Å². The summed E-state index contributed by atoms with van der Waals surface area (Å²) in [7, 11) is 0. The van der Waals surface area contributed by atoms with Crippen molar-refractivity contribution in [2.75, 3.05) is 18.6 Å². The number of thioether (sulfide) groups is 1.